The van der Waals surface area contributed by atoms with Crippen molar-refractivity contribution in [2.45, 2.75) is 56.1 Å². The van der Waals surface area contributed by atoms with Gasteiger partial charge in [-0.25, -0.2) is 9.35 Å². The fraction of sp³-hybridized carbons (Fsp3) is 0.714. The molecule has 4 nitrogen and oxygen atoms in total. The van der Waals surface area contributed by atoms with E-state index in [2.05, 4.69) is 49.8 Å². The second-order valence-corrected chi connectivity index (χ2v) is 15.8. The molecule has 21 heavy (non-hydrogen) atoms. The van der Waals surface area contributed by atoms with Crippen molar-refractivity contribution in [1.29, 1.82) is 0 Å². The molecule has 0 saturated heterocycles. The first-order valence-corrected chi connectivity index (χ1v) is 12.6. The van der Waals surface area contributed by atoms with Crippen molar-refractivity contribution >= 4 is 29.5 Å². The Morgan fingerprint density at radius 3 is 2.62 bits per heavy atom. The quantitative estimate of drug-likeness (QED) is 0.835. The monoisotopic (exact) mass is 345 g/mol. The zero-order chi connectivity index (χ0) is 16.1. The lowest BCUT2D eigenvalue weighted by Gasteiger charge is -2.32. The third kappa shape index (κ3) is 3.59. The van der Waals surface area contributed by atoms with Gasteiger partial charge < -0.3 is 4.90 Å². The molecule has 0 fully saturated rings. The van der Waals surface area contributed by atoms with Crippen molar-refractivity contribution < 1.29 is 4.21 Å². The molecule has 1 aliphatic heterocycles. The zero-order valence-corrected chi connectivity index (χ0v) is 16.5. The maximum atomic E-state index is 13.0. The molecule has 1 aromatic rings. The van der Waals surface area contributed by atoms with Gasteiger partial charge in [0.25, 0.3) is 0 Å². The summed E-state index contributed by atoms with van der Waals surface area (Å²) < 4.78 is 18.4. The minimum Gasteiger partial charge on any atom is -0.302 e. The van der Waals surface area contributed by atoms with E-state index in [1.807, 2.05) is 6.07 Å². The van der Waals surface area contributed by atoms with E-state index < -0.39 is 18.2 Å². The number of rotatable bonds is 2. The molecule has 2 N–H and O–H groups in total. The average Bonchev–Trinajstić information content (AvgIpc) is 2.69. The van der Waals surface area contributed by atoms with E-state index in [4.69, 9.17) is 5.14 Å². The molecule has 2 rings (SSSR count). The van der Waals surface area contributed by atoms with Gasteiger partial charge in [0.1, 0.15) is 14.1 Å². The standard InChI is InChI=1S/C14H27N3OS2Si/c1-14(2,3)21(5,6)16-20(15,18)13-9-11-10-17(4)8-7-12(11)19-13/h9H,7-8,10H2,1-6H3,(H2,15,16,18). The van der Waals surface area contributed by atoms with Crippen LogP contribution < -0.4 is 5.14 Å². The lowest BCUT2D eigenvalue weighted by atomic mass is 10.1. The van der Waals surface area contributed by atoms with Crippen molar-refractivity contribution in [3.63, 3.8) is 0 Å². The predicted molar refractivity (Wildman–Crippen MR) is 94.6 cm³/mol. The second kappa shape index (κ2) is 5.45. The van der Waals surface area contributed by atoms with Gasteiger partial charge in [-0.05, 0) is 43.2 Å². The highest BCUT2D eigenvalue weighted by atomic mass is 32.2. The molecule has 0 spiro atoms. The Hall–Kier alpha value is -0.213. The Morgan fingerprint density at radius 2 is 2.05 bits per heavy atom. The van der Waals surface area contributed by atoms with Gasteiger partial charge >= 0.3 is 0 Å². The van der Waals surface area contributed by atoms with Crippen LogP contribution in [0.2, 0.25) is 18.1 Å². The highest BCUT2D eigenvalue weighted by Crippen LogP contribution is 2.39. The Bertz CT molecular complexity index is 652. The van der Waals surface area contributed by atoms with Crippen molar-refractivity contribution in [3.8, 4) is 0 Å². The molecule has 1 atom stereocenters. The lowest BCUT2D eigenvalue weighted by molar-refractivity contribution is 0.315. The van der Waals surface area contributed by atoms with Crippen LogP contribution in [0.4, 0.5) is 0 Å². The van der Waals surface area contributed by atoms with Gasteiger partial charge in [-0.15, -0.1) is 11.3 Å². The molecule has 1 aromatic heterocycles. The third-order valence-corrected chi connectivity index (χ3v) is 13.8. The van der Waals surface area contributed by atoms with Crippen LogP contribution in [-0.2, 0) is 22.9 Å². The van der Waals surface area contributed by atoms with Crippen molar-refractivity contribution in [3.05, 3.63) is 16.5 Å². The molecular weight excluding hydrogens is 318 g/mol. The van der Waals surface area contributed by atoms with E-state index in [1.54, 1.807) is 11.3 Å². The van der Waals surface area contributed by atoms with Crippen LogP contribution in [0.3, 0.4) is 0 Å². The number of likely N-dealkylation sites (N-methyl/N-ethyl adjacent to an activating group) is 1. The Kier molecular flexibility index (Phi) is 4.45. The SMILES string of the molecule is CN1CCc2sc(S(N)(=O)=N[Si](C)(C)C(C)(C)C)cc2C1. The topological polar surface area (TPSA) is 58.7 Å². The van der Waals surface area contributed by atoms with Gasteiger partial charge in [-0.2, -0.15) is 0 Å². The lowest BCUT2D eigenvalue weighted by Crippen LogP contribution is -2.37. The summed E-state index contributed by atoms with van der Waals surface area (Å²) in [4.78, 5) is 3.61. The van der Waals surface area contributed by atoms with E-state index in [9.17, 15) is 4.21 Å². The van der Waals surface area contributed by atoms with E-state index in [-0.39, 0.29) is 5.04 Å². The number of hydrogen-bond donors (Lipinski definition) is 1. The molecule has 120 valence electrons. The summed E-state index contributed by atoms with van der Waals surface area (Å²) in [6, 6.07) is 2.02. The van der Waals surface area contributed by atoms with Crippen molar-refractivity contribution in [2.24, 2.45) is 9.17 Å². The molecule has 0 amide bonds. The molecule has 1 unspecified atom stereocenters. The maximum absolute atomic E-state index is 13.0. The fourth-order valence-electron chi connectivity index (χ4n) is 2.11. The molecule has 7 heteroatoms. The first kappa shape index (κ1) is 17.1. The largest absolute Gasteiger partial charge is 0.302 e. The fourth-order valence-corrected chi connectivity index (χ4v) is 8.60. The van der Waals surface area contributed by atoms with Gasteiger partial charge in [0.2, 0.25) is 0 Å². The van der Waals surface area contributed by atoms with Gasteiger partial charge in [0.15, 0.2) is 8.24 Å². The Morgan fingerprint density at radius 1 is 1.43 bits per heavy atom. The highest BCUT2D eigenvalue weighted by Gasteiger charge is 2.37. The zero-order valence-electron chi connectivity index (χ0n) is 13.9. The van der Waals surface area contributed by atoms with Crippen LogP contribution in [0.15, 0.2) is 14.3 Å². The first-order valence-electron chi connectivity index (χ1n) is 7.29. The highest BCUT2D eigenvalue weighted by molar-refractivity contribution is 7.94. The number of nitrogens with two attached hydrogens (primary N) is 1. The molecule has 2 heterocycles. The molecule has 0 radical (unpaired) electrons. The first-order chi connectivity index (χ1) is 9.42. The van der Waals surface area contributed by atoms with Crippen LogP contribution in [-0.4, -0.2) is 30.9 Å². The van der Waals surface area contributed by atoms with Crippen LogP contribution in [0.5, 0.6) is 0 Å². The van der Waals surface area contributed by atoms with Gasteiger partial charge in [0, 0.05) is 18.0 Å². The summed E-state index contributed by atoms with van der Waals surface area (Å²) in [5, 5.41) is 6.21. The summed E-state index contributed by atoms with van der Waals surface area (Å²) >= 11 is 1.60. The molecular formula is C14H27N3OS2Si. The Balaban J connectivity index is 2.43. The second-order valence-electron chi connectivity index (χ2n) is 7.47. The van der Waals surface area contributed by atoms with Gasteiger partial charge in [-0.1, -0.05) is 20.8 Å². The van der Waals surface area contributed by atoms with E-state index in [0.717, 1.165) is 23.7 Å². The predicted octanol–water partition coefficient (Wildman–Crippen LogP) is 3.44. The number of fused-ring (bicyclic) bond motifs is 1. The number of nitrogens with zero attached hydrogens (tertiary/aromatic N) is 2. The maximum Gasteiger partial charge on any atom is 0.195 e. The number of thiophene rings is 1. The number of hydrogen-bond acceptors (Lipinski definition) is 4. The average molecular weight is 346 g/mol. The van der Waals surface area contributed by atoms with E-state index >= 15 is 0 Å². The van der Waals surface area contributed by atoms with Crippen LogP contribution in [0.25, 0.3) is 0 Å². The summed E-state index contributed by atoms with van der Waals surface area (Å²) in [5.74, 6) is 0. The van der Waals surface area contributed by atoms with Crippen LogP contribution in [0.1, 0.15) is 31.2 Å². The van der Waals surface area contributed by atoms with Crippen LogP contribution >= 0.6 is 11.3 Å². The normalized spacial score (nSPS) is 20.0. The van der Waals surface area contributed by atoms with Crippen LogP contribution in [0, 0.1) is 0 Å². The summed E-state index contributed by atoms with van der Waals surface area (Å²) in [6.07, 6.45) is 1.02. The van der Waals surface area contributed by atoms with Crippen molar-refractivity contribution in [2.75, 3.05) is 13.6 Å². The van der Waals surface area contributed by atoms with E-state index in [0.29, 0.717) is 0 Å². The van der Waals surface area contributed by atoms with Gasteiger partial charge in [0.05, 0.1) is 0 Å². The molecule has 0 aliphatic carbocycles. The molecule has 0 aromatic carbocycles. The van der Waals surface area contributed by atoms with Gasteiger partial charge in [-0.3, -0.25) is 4.03 Å². The summed E-state index contributed by atoms with van der Waals surface area (Å²) in [5.41, 5.74) is 1.27. The third-order valence-electron chi connectivity index (χ3n) is 4.52. The minimum atomic E-state index is -2.78. The summed E-state index contributed by atoms with van der Waals surface area (Å²) in [7, 11) is -2.69. The molecule has 0 bridgehead atoms. The van der Waals surface area contributed by atoms with E-state index in [1.165, 1.54) is 10.4 Å². The summed E-state index contributed by atoms with van der Waals surface area (Å²) in [6.45, 7) is 12.7. The minimum absolute atomic E-state index is 0.0477. The molecule has 1 aliphatic rings. The Labute approximate surface area is 134 Å². The molecule has 0 saturated carbocycles. The van der Waals surface area contributed by atoms with Crippen molar-refractivity contribution in [1.82, 2.24) is 4.90 Å². The smallest absolute Gasteiger partial charge is 0.195 e.